The average Bonchev–Trinajstić information content (AvgIpc) is 3.15. The Labute approximate surface area is 134 Å². The summed E-state index contributed by atoms with van der Waals surface area (Å²) in [7, 11) is 3.79. The quantitative estimate of drug-likeness (QED) is 0.448. The van der Waals surface area contributed by atoms with Crippen molar-refractivity contribution in [2.45, 2.75) is 38.6 Å². The molecule has 0 bridgehead atoms. The standard InChI is InChI=1S/C16H30N6/c1-4-22-10-6-8-15(22)12-19-16(17-2)18-9-5-7-14-11-20-21(3)13-14/h11,13,15H,4-10,12H2,1-3H3,(H2,17,18,19). The fraction of sp³-hybridized carbons (Fsp3) is 0.750. The number of aromatic nitrogens is 2. The van der Waals surface area contributed by atoms with Crippen molar-refractivity contribution < 1.29 is 0 Å². The molecule has 1 saturated heterocycles. The van der Waals surface area contributed by atoms with Crippen molar-refractivity contribution in [2.24, 2.45) is 12.0 Å². The maximum atomic E-state index is 4.31. The van der Waals surface area contributed by atoms with Gasteiger partial charge in [0.15, 0.2) is 5.96 Å². The van der Waals surface area contributed by atoms with E-state index in [1.807, 2.05) is 25.0 Å². The van der Waals surface area contributed by atoms with E-state index in [0.717, 1.165) is 38.4 Å². The van der Waals surface area contributed by atoms with E-state index in [4.69, 9.17) is 0 Å². The van der Waals surface area contributed by atoms with Crippen LogP contribution in [0.25, 0.3) is 0 Å². The van der Waals surface area contributed by atoms with Gasteiger partial charge in [0.05, 0.1) is 6.20 Å². The van der Waals surface area contributed by atoms with Crippen LogP contribution in [0.5, 0.6) is 0 Å². The van der Waals surface area contributed by atoms with Crippen molar-refractivity contribution in [1.82, 2.24) is 25.3 Å². The van der Waals surface area contributed by atoms with E-state index in [0.29, 0.717) is 6.04 Å². The van der Waals surface area contributed by atoms with E-state index >= 15 is 0 Å². The van der Waals surface area contributed by atoms with Gasteiger partial charge < -0.3 is 10.6 Å². The Hall–Kier alpha value is -1.56. The van der Waals surface area contributed by atoms with Gasteiger partial charge in [0.1, 0.15) is 0 Å². The number of aliphatic imine (C=N–C) groups is 1. The lowest BCUT2D eigenvalue weighted by atomic mass is 10.2. The molecular formula is C16H30N6. The molecule has 1 atom stereocenters. The minimum absolute atomic E-state index is 0.652. The fourth-order valence-electron chi connectivity index (χ4n) is 3.08. The van der Waals surface area contributed by atoms with E-state index in [1.165, 1.54) is 24.9 Å². The molecule has 0 aliphatic carbocycles. The number of aryl methyl sites for hydroxylation is 2. The van der Waals surface area contributed by atoms with E-state index in [9.17, 15) is 0 Å². The molecule has 22 heavy (non-hydrogen) atoms. The molecule has 1 aliphatic heterocycles. The van der Waals surface area contributed by atoms with Crippen LogP contribution in [0.1, 0.15) is 31.7 Å². The number of nitrogens with one attached hydrogen (secondary N) is 2. The van der Waals surface area contributed by atoms with E-state index in [-0.39, 0.29) is 0 Å². The van der Waals surface area contributed by atoms with E-state index in [2.05, 4.69) is 38.7 Å². The van der Waals surface area contributed by atoms with E-state index < -0.39 is 0 Å². The summed E-state index contributed by atoms with van der Waals surface area (Å²) in [5.74, 6) is 0.911. The van der Waals surface area contributed by atoms with Gasteiger partial charge in [0, 0.05) is 39.4 Å². The molecule has 0 spiro atoms. The minimum Gasteiger partial charge on any atom is -0.356 e. The lowest BCUT2D eigenvalue weighted by molar-refractivity contribution is 0.267. The topological polar surface area (TPSA) is 57.5 Å². The highest BCUT2D eigenvalue weighted by Crippen LogP contribution is 2.15. The molecule has 2 heterocycles. The van der Waals surface area contributed by atoms with Gasteiger partial charge in [-0.05, 0) is 44.3 Å². The SMILES string of the molecule is CCN1CCCC1CNC(=NC)NCCCc1cnn(C)c1. The Bertz CT molecular complexity index is 467. The van der Waals surface area contributed by atoms with Crippen molar-refractivity contribution in [3.05, 3.63) is 18.0 Å². The third-order valence-electron chi connectivity index (χ3n) is 4.33. The summed E-state index contributed by atoms with van der Waals surface area (Å²) in [6.45, 7) is 6.53. The summed E-state index contributed by atoms with van der Waals surface area (Å²) >= 11 is 0. The Kier molecular flexibility index (Phi) is 6.71. The maximum absolute atomic E-state index is 4.31. The van der Waals surface area contributed by atoms with Crippen LogP contribution in [0.2, 0.25) is 0 Å². The molecule has 2 rings (SSSR count). The molecule has 1 unspecified atom stereocenters. The fourth-order valence-corrected chi connectivity index (χ4v) is 3.08. The Balaban J connectivity index is 1.63. The third kappa shape index (κ3) is 5.02. The van der Waals surface area contributed by atoms with Crippen molar-refractivity contribution in [2.75, 3.05) is 33.2 Å². The van der Waals surface area contributed by atoms with Crippen LogP contribution in [-0.4, -0.2) is 59.9 Å². The first-order valence-corrected chi connectivity index (χ1v) is 8.39. The van der Waals surface area contributed by atoms with Crippen LogP contribution >= 0.6 is 0 Å². The number of likely N-dealkylation sites (N-methyl/N-ethyl adjacent to an activating group) is 1. The monoisotopic (exact) mass is 306 g/mol. The van der Waals surface area contributed by atoms with Crippen LogP contribution in [-0.2, 0) is 13.5 Å². The van der Waals surface area contributed by atoms with Crippen LogP contribution in [0.4, 0.5) is 0 Å². The largest absolute Gasteiger partial charge is 0.356 e. The normalized spacial score (nSPS) is 19.6. The zero-order valence-corrected chi connectivity index (χ0v) is 14.2. The molecule has 1 aromatic rings. The minimum atomic E-state index is 0.652. The zero-order chi connectivity index (χ0) is 15.8. The molecule has 0 aromatic carbocycles. The second kappa shape index (κ2) is 8.78. The number of rotatable bonds is 7. The predicted molar refractivity (Wildman–Crippen MR) is 91.2 cm³/mol. The van der Waals surface area contributed by atoms with Crippen molar-refractivity contribution >= 4 is 5.96 Å². The summed E-state index contributed by atoms with van der Waals surface area (Å²) < 4.78 is 1.85. The number of hydrogen-bond acceptors (Lipinski definition) is 3. The smallest absolute Gasteiger partial charge is 0.191 e. The van der Waals surface area contributed by atoms with Crippen LogP contribution in [0.15, 0.2) is 17.4 Å². The molecular weight excluding hydrogens is 276 g/mol. The summed E-state index contributed by atoms with van der Waals surface area (Å²) in [5.41, 5.74) is 1.29. The van der Waals surface area contributed by atoms with Gasteiger partial charge >= 0.3 is 0 Å². The van der Waals surface area contributed by atoms with Crippen LogP contribution in [0, 0.1) is 0 Å². The molecule has 0 saturated carbocycles. The number of likely N-dealkylation sites (tertiary alicyclic amines) is 1. The van der Waals surface area contributed by atoms with Gasteiger partial charge in [0.2, 0.25) is 0 Å². The number of guanidine groups is 1. The second-order valence-electron chi connectivity index (χ2n) is 5.93. The molecule has 1 aromatic heterocycles. The van der Waals surface area contributed by atoms with Gasteiger partial charge in [-0.15, -0.1) is 0 Å². The third-order valence-corrected chi connectivity index (χ3v) is 4.33. The molecule has 1 fully saturated rings. The maximum Gasteiger partial charge on any atom is 0.191 e. The number of hydrogen-bond donors (Lipinski definition) is 2. The summed E-state index contributed by atoms with van der Waals surface area (Å²) in [6, 6.07) is 0.652. The zero-order valence-electron chi connectivity index (χ0n) is 14.2. The van der Waals surface area contributed by atoms with Crippen molar-refractivity contribution in [1.29, 1.82) is 0 Å². The lowest BCUT2D eigenvalue weighted by Gasteiger charge is -2.23. The second-order valence-corrected chi connectivity index (χ2v) is 5.93. The lowest BCUT2D eigenvalue weighted by Crippen LogP contribution is -2.45. The molecule has 1 aliphatic rings. The first-order valence-electron chi connectivity index (χ1n) is 8.39. The van der Waals surface area contributed by atoms with Gasteiger partial charge in [-0.2, -0.15) is 5.10 Å². The molecule has 0 amide bonds. The van der Waals surface area contributed by atoms with Gasteiger partial charge in [-0.1, -0.05) is 6.92 Å². The van der Waals surface area contributed by atoms with Crippen LogP contribution in [0.3, 0.4) is 0 Å². The Morgan fingerprint density at radius 3 is 3.00 bits per heavy atom. The van der Waals surface area contributed by atoms with Crippen molar-refractivity contribution in [3.63, 3.8) is 0 Å². The van der Waals surface area contributed by atoms with Crippen molar-refractivity contribution in [3.8, 4) is 0 Å². The molecule has 0 radical (unpaired) electrons. The highest BCUT2D eigenvalue weighted by atomic mass is 15.2. The average molecular weight is 306 g/mol. The first kappa shape index (κ1) is 16.8. The Morgan fingerprint density at radius 1 is 1.45 bits per heavy atom. The Morgan fingerprint density at radius 2 is 2.32 bits per heavy atom. The highest BCUT2D eigenvalue weighted by molar-refractivity contribution is 5.79. The summed E-state index contributed by atoms with van der Waals surface area (Å²) in [4.78, 5) is 6.85. The number of nitrogens with zero attached hydrogens (tertiary/aromatic N) is 4. The summed E-state index contributed by atoms with van der Waals surface area (Å²) in [6.07, 6.45) is 8.75. The first-order chi connectivity index (χ1) is 10.7. The molecule has 2 N–H and O–H groups in total. The predicted octanol–water partition coefficient (Wildman–Crippen LogP) is 1.00. The van der Waals surface area contributed by atoms with Gasteiger partial charge in [-0.25, -0.2) is 0 Å². The highest BCUT2D eigenvalue weighted by Gasteiger charge is 2.22. The molecule has 124 valence electrons. The van der Waals surface area contributed by atoms with E-state index in [1.54, 1.807) is 0 Å². The molecule has 6 nitrogen and oxygen atoms in total. The van der Waals surface area contributed by atoms with Gasteiger partial charge in [0.25, 0.3) is 0 Å². The van der Waals surface area contributed by atoms with Crippen LogP contribution < -0.4 is 10.6 Å². The van der Waals surface area contributed by atoms with Gasteiger partial charge in [-0.3, -0.25) is 14.6 Å². The summed E-state index contributed by atoms with van der Waals surface area (Å²) in [5, 5.41) is 11.0. The molecule has 6 heteroatoms.